The molecule has 0 bridgehead atoms. The molecule has 3 rings (SSSR count). The summed E-state index contributed by atoms with van der Waals surface area (Å²) in [5, 5.41) is 12.4. The van der Waals surface area contributed by atoms with E-state index in [1.54, 1.807) is 6.07 Å². The largest absolute Gasteiger partial charge is 0.488 e. The van der Waals surface area contributed by atoms with Crippen LogP contribution in [0.5, 0.6) is 5.75 Å². The SMILES string of the molecule is Cc1ccccc1NC(=O)/C(C#N)=C/c1cc(Br)ccc1OCc1ccc(Br)cc1. The number of carbonyl (C=O) groups is 1. The van der Waals surface area contributed by atoms with Crippen LogP contribution in [0, 0.1) is 18.3 Å². The van der Waals surface area contributed by atoms with Crippen molar-refractivity contribution in [2.75, 3.05) is 5.32 Å². The van der Waals surface area contributed by atoms with Crippen molar-refractivity contribution in [1.82, 2.24) is 0 Å². The number of nitrogens with one attached hydrogen (secondary N) is 1. The predicted molar refractivity (Wildman–Crippen MR) is 126 cm³/mol. The van der Waals surface area contributed by atoms with Gasteiger partial charge in [0.05, 0.1) is 0 Å². The van der Waals surface area contributed by atoms with Crippen LogP contribution in [-0.2, 0) is 11.4 Å². The summed E-state index contributed by atoms with van der Waals surface area (Å²) in [6.45, 7) is 2.26. The molecule has 3 aromatic carbocycles. The first kappa shape index (κ1) is 21.8. The molecule has 0 saturated heterocycles. The number of aryl methyl sites for hydroxylation is 1. The quantitative estimate of drug-likeness (QED) is 0.289. The molecule has 0 radical (unpaired) electrons. The molecule has 3 aromatic rings. The van der Waals surface area contributed by atoms with Gasteiger partial charge >= 0.3 is 0 Å². The van der Waals surface area contributed by atoms with Crippen LogP contribution in [-0.4, -0.2) is 5.91 Å². The van der Waals surface area contributed by atoms with E-state index in [4.69, 9.17) is 4.74 Å². The molecule has 1 N–H and O–H groups in total. The average molecular weight is 526 g/mol. The maximum absolute atomic E-state index is 12.6. The summed E-state index contributed by atoms with van der Waals surface area (Å²) in [6, 6.07) is 22.7. The molecule has 0 aliphatic heterocycles. The summed E-state index contributed by atoms with van der Waals surface area (Å²) in [5.41, 5.74) is 3.23. The molecule has 0 atom stereocenters. The molecule has 0 heterocycles. The van der Waals surface area contributed by atoms with Gasteiger partial charge in [0, 0.05) is 20.2 Å². The van der Waals surface area contributed by atoms with Crippen molar-refractivity contribution in [3.05, 3.63) is 97.9 Å². The van der Waals surface area contributed by atoms with E-state index in [1.165, 1.54) is 6.08 Å². The van der Waals surface area contributed by atoms with Crippen molar-refractivity contribution >= 4 is 49.5 Å². The summed E-state index contributed by atoms with van der Waals surface area (Å²) >= 11 is 6.85. The molecule has 0 fully saturated rings. The second-order valence-corrected chi connectivity index (χ2v) is 8.37. The van der Waals surface area contributed by atoms with Crippen molar-refractivity contribution in [2.45, 2.75) is 13.5 Å². The Balaban J connectivity index is 1.83. The zero-order valence-electron chi connectivity index (χ0n) is 16.2. The predicted octanol–water partition coefficient (Wildman–Crippen LogP) is 6.64. The maximum Gasteiger partial charge on any atom is 0.266 e. The Kier molecular flexibility index (Phi) is 7.45. The summed E-state index contributed by atoms with van der Waals surface area (Å²) in [6.07, 6.45) is 1.54. The maximum atomic E-state index is 12.6. The highest BCUT2D eigenvalue weighted by atomic mass is 79.9. The number of halogens is 2. The molecule has 0 aliphatic rings. The van der Waals surface area contributed by atoms with Crippen molar-refractivity contribution in [1.29, 1.82) is 5.26 Å². The lowest BCUT2D eigenvalue weighted by atomic mass is 10.1. The van der Waals surface area contributed by atoms with Gasteiger partial charge in [-0.2, -0.15) is 5.26 Å². The molecule has 150 valence electrons. The highest BCUT2D eigenvalue weighted by Gasteiger charge is 2.13. The van der Waals surface area contributed by atoms with Gasteiger partial charge in [0.1, 0.15) is 24.0 Å². The molecule has 4 nitrogen and oxygen atoms in total. The lowest BCUT2D eigenvalue weighted by molar-refractivity contribution is -0.112. The Morgan fingerprint density at radius 2 is 1.77 bits per heavy atom. The van der Waals surface area contributed by atoms with E-state index in [9.17, 15) is 10.1 Å². The number of hydrogen-bond acceptors (Lipinski definition) is 3. The van der Waals surface area contributed by atoms with Crippen molar-refractivity contribution in [3.8, 4) is 11.8 Å². The van der Waals surface area contributed by atoms with Gasteiger partial charge in [-0.3, -0.25) is 4.79 Å². The smallest absolute Gasteiger partial charge is 0.266 e. The molecular formula is C24H18Br2N2O2. The number of nitriles is 1. The second-order valence-electron chi connectivity index (χ2n) is 6.54. The van der Waals surface area contributed by atoms with E-state index in [1.807, 2.05) is 73.7 Å². The van der Waals surface area contributed by atoms with E-state index >= 15 is 0 Å². The number of ether oxygens (including phenoxy) is 1. The topological polar surface area (TPSA) is 62.1 Å². The molecule has 6 heteroatoms. The van der Waals surface area contributed by atoms with Gasteiger partial charge in [-0.05, 0) is 60.5 Å². The van der Waals surface area contributed by atoms with Crippen LogP contribution in [0.15, 0.2) is 81.2 Å². The van der Waals surface area contributed by atoms with Crippen LogP contribution < -0.4 is 10.1 Å². The number of hydrogen-bond donors (Lipinski definition) is 1. The van der Waals surface area contributed by atoms with E-state index in [-0.39, 0.29) is 5.57 Å². The van der Waals surface area contributed by atoms with Gasteiger partial charge < -0.3 is 10.1 Å². The molecule has 0 aromatic heterocycles. The third kappa shape index (κ3) is 5.82. The fraction of sp³-hybridized carbons (Fsp3) is 0.0833. The molecule has 1 amide bonds. The van der Waals surface area contributed by atoms with Gasteiger partial charge in [0.25, 0.3) is 5.91 Å². The number of nitrogens with zero attached hydrogens (tertiary/aromatic N) is 1. The average Bonchev–Trinajstić information content (AvgIpc) is 2.74. The number of carbonyl (C=O) groups excluding carboxylic acids is 1. The number of rotatable bonds is 6. The molecule has 30 heavy (non-hydrogen) atoms. The minimum Gasteiger partial charge on any atom is -0.488 e. The summed E-state index contributed by atoms with van der Waals surface area (Å²) in [5.74, 6) is 0.114. The fourth-order valence-electron chi connectivity index (χ4n) is 2.71. The van der Waals surface area contributed by atoms with E-state index in [0.717, 1.165) is 20.1 Å². The molecule has 0 unspecified atom stereocenters. The van der Waals surface area contributed by atoms with E-state index in [2.05, 4.69) is 37.2 Å². The molecule has 0 saturated carbocycles. The van der Waals surface area contributed by atoms with Crippen molar-refractivity contribution in [2.24, 2.45) is 0 Å². The van der Waals surface area contributed by atoms with E-state index < -0.39 is 5.91 Å². The van der Waals surface area contributed by atoms with Crippen LogP contribution in [0.3, 0.4) is 0 Å². The van der Waals surface area contributed by atoms with Crippen LogP contribution in [0.1, 0.15) is 16.7 Å². The summed E-state index contributed by atoms with van der Waals surface area (Å²) in [7, 11) is 0. The fourth-order valence-corrected chi connectivity index (χ4v) is 3.36. The lowest BCUT2D eigenvalue weighted by Gasteiger charge is -2.11. The summed E-state index contributed by atoms with van der Waals surface area (Å²) < 4.78 is 7.78. The van der Waals surface area contributed by atoms with Crippen LogP contribution in [0.25, 0.3) is 6.08 Å². The zero-order chi connectivity index (χ0) is 21.5. The Morgan fingerprint density at radius 1 is 1.07 bits per heavy atom. The van der Waals surface area contributed by atoms with E-state index in [0.29, 0.717) is 23.6 Å². The van der Waals surface area contributed by atoms with Crippen LogP contribution >= 0.6 is 31.9 Å². The number of amides is 1. The highest BCUT2D eigenvalue weighted by molar-refractivity contribution is 9.10. The Labute approximate surface area is 192 Å². The lowest BCUT2D eigenvalue weighted by Crippen LogP contribution is -2.14. The Hall–Kier alpha value is -2.88. The monoisotopic (exact) mass is 524 g/mol. The third-order valence-electron chi connectivity index (χ3n) is 4.34. The first-order valence-corrected chi connectivity index (χ1v) is 10.7. The van der Waals surface area contributed by atoms with Gasteiger partial charge in [-0.25, -0.2) is 0 Å². The number of para-hydroxylation sites is 1. The first-order valence-electron chi connectivity index (χ1n) is 9.12. The summed E-state index contributed by atoms with van der Waals surface area (Å²) in [4.78, 5) is 12.6. The van der Waals surface area contributed by atoms with Crippen molar-refractivity contribution < 1.29 is 9.53 Å². The van der Waals surface area contributed by atoms with Gasteiger partial charge in [-0.1, -0.05) is 62.2 Å². The van der Waals surface area contributed by atoms with Gasteiger partial charge in [0.15, 0.2) is 0 Å². The van der Waals surface area contributed by atoms with Gasteiger partial charge in [0.2, 0.25) is 0 Å². The molecule has 0 aliphatic carbocycles. The van der Waals surface area contributed by atoms with Crippen molar-refractivity contribution in [3.63, 3.8) is 0 Å². The highest BCUT2D eigenvalue weighted by Crippen LogP contribution is 2.27. The second kappa shape index (κ2) is 10.2. The molecule has 0 spiro atoms. The Bertz CT molecular complexity index is 1130. The number of benzene rings is 3. The number of anilines is 1. The van der Waals surface area contributed by atoms with Crippen LogP contribution in [0.4, 0.5) is 5.69 Å². The Morgan fingerprint density at radius 3 is 2.47 bits per heavy atom. The van der Waals surface area contributed by atoms with Gasteiger partial charge in [-0.15, -0.1) is 0 Å². The first-order chi connectivity index (χ1) is 14.5. The standard InChI is InChI=1S/C24H18Br2N2O2/c1-16-4-2-3-5-22(16)28-24(29)19(14-27)12-18-13-21(26)10-11-23(18)30-15-17-6-8-20(25)9-7-17/h2-13H,15H2,1H3,(H,28,29)/b19-12+. The normalized spacial score (nSPS) is 10.9. The zero-order valence-corrected chi connectivity index (χ0v) is 19.3. The minimum atomic E-state index is -0.467. The third-order valence-corrected chi connectivity index (χ3v) is 5.36. The molecular weight excluding hydrogens is 508 g/mol. The minimum absolute atomic E-state index is 0.00940. The van der Waals surface area contributed by atoms with Crippen LogP contribution in [0.2, 0.25) is 0 Å².